The quantitative estimate of drug-likeness (QED) is 0.268. The van der Waals surface area contributed by atoms with Crippen molar-refractivity contribution in [2.75, 3.05) is 12.0 Å². The van der Waals surface area contributed by atoms with E-state index in [1.807, 2.05) is 0 Å². The number of anilines is 1. The molecule has 15 heavy (non-hydrogen) atoms. The third kappa shape index (κ3) is 2.84. The maximum Gasteiger partial charge on any atom is 0.362 e. The highest BCUT2D eigenvalue weighted by atomic mass is 16.6. The molecular weight excluding hydrogens is 204 g/mol. The maximum absolute atomic E-state index is 10.6. The van der Waals surface area contributed by atoms with Gasteiger partial charge in [-0.3, -0.25) is 5.01 Å². The van der Waals surface area contributed by atoms with E-state index in [4.69, 9.17) is 16.7 Å². The molecule has 0 saturated heterocycles. The van der Waals surface area contributed by atoms with Crippen LogP contribution in [0.2, 0.25) is 0 Å². The van der Waals surface area contributed by atoms with Gasteiger partial charge in [-0.15, -0.1) is 0 Å². The highest BCUT2D eigenvalue weighted by molar-refractivity contribution is 5.90. The average Bonchev–Trinajstić information content (AvgIpc) is 2.63. The molecule has 0 aliphatic heterocycles. The standard InChI is InChI=1S/C6H10N6O3/c7-1-2-12(8)3-9-5-4(6(13)14)10-15-11-5/h1-2H,3,7-8H2,(H,9,11)(H,13,14)/b2-1-. The molecule has 0 amide bonds. The summed E-state index contributed by atoms with van der Waals surface area (Å²) >= 11 is 0. The Labute approximate surface area is 84.3 Å². The van der Waals surface area contributed by atoms with Crippen molar-refractivity contribution in [3.63, 3.8) is 0 Å². The third-order valence-corrected chi connectivity index (χ3v) is 1.40. The van der Waals surface area contributed by atoms with Crippen molar-refractivity contribution in [3.8, 4) is 0 Å². The van der Waals surface area contributed by atoms with Crippen LogP contribution in [0.3, 0.4) is 0 Å². The number of carbonyl (C=O) groups is 1. The molecule has 1 rings (SSSR count). The molecule has 1 aromatic rings. The summed E-state index contributed by atoms with van der Waals surface area (Å²) in [6.45, 7) is 0.113. The number of aromatic nitrogens is 2. The van der Waals surface area contributed by atoms with Crippen LogP contribution < -0.4 is 16.9 Å². The normalized spacial score (nSPS) is 10.5. The summed E-state index contributed by atoms with van der Waals surface area (Å²) in [5.74, 6) is 4.17. The maximum atomic E-state index is 10.6. The summed E-state index contributed by atoms with van der Waals surface area (Å²) in [4.78, 5) is 10.6. The highest BCUT2D eigenvalue weighted by Crippen LogP contribution is 2.08. The second-order valence-electron chi connectivity index (χ2n) is 2.46. The predicted octanol–water partition coefficient (Wildman–Crippen LogP) is -1.26. The van der Waals surface area contributed by atoms with Crippen LogP contribution in [0.4, 0.5) is 5.82 Å². The molecule has 1 heterocycles. The van der Waals surface area contributed by atoms with Gasteiger partial charge < -0.3 is 16.2 Å². The fraction of sp³-hybridized carbons (Fsp3) is 0.167. The molecule has 0 aliphatic rings. The van der Waals surface area contributed by atoms with E-state index >= 15 is 0 Å². The number of rotatable bonds is 5. The summed E-state index contributed by atoms with van der Waals surface area (Å²) in [6, 6.07) is 0. The Morgan fingerprint density at radius 1 is 1.67 bits per heavy atom. The van der Waals surface area contributed by atoms with Crippen LogP contribution in [0.25, 0.3) is 0 Å². The van der Waals surface area contributed by atoms with E-state index in [9.17, 15) is 4.79 Å². The molecule has 6 N–H and O–H groups in total. The summed E-state index contributed by atoms with van der Waals surface area (Å²) in [5, 5.41) is 19.0. The molecule has 0 saturated carbocycles. The SMILES string of the molecule is N/C=C\N(N)CNc1nonc1C(=O)O. The van der Waals surface area contributed by atoms with Crippen LogP contribution >= 0.6 is 0 Å². The summed E-state index contributed by atoms with van der Waals surface area (Å²) in [5.41, 5.74) is 4.78. The van der Waals surface area contributed by atoms with E-state index in [1.165, 1.54) is 17.4 Å². The minimum Gasteiger partial charge on any atom is -0.476 e. The van der Waals surface area contributed by atoms with Crippen molar-refractivity contribution in [2.24, 2.45) is 11.6 Å². The van der Waals surface area contributed by atoms with E-state index in [-0.39, 0.29) is 18.2 Å². The first-order valence-corrected chi connectivity index (χ1v) is 3.84. The average molecular weight is 214 g/mol. The molecule has 0 aromatic carbocycles. The van der Waals surface area contributed by atoms with Gasteiger partial charge in [-0.1, -0.05) is 0 Å². The lowest BCUT2D eigenvalue weighted by atomic mass is 10.4. The first kappa shape index (κ1) is 10.8. The Hall–Kier alpha value is -2.29. The van der Waals surface area contributed by atoms with Crippen LogP contribution in [0.1, 0.15) is 10.5 Å². The number of carboxylic acid groups (broad SMARTS) is 1. The monoisotopic (exact) mass is 214 g/mol. The number of nitrogens with zero attached hydrogens (tertiary/aromatic N) is 3. The Balaban J connectivity index is 2.57. The first-order chi connectivity index (χ1) is 7.15. The molecule has 0 atom stereocenters. The summed E-state index contributed by atoms with van der Waals surface area (Å²) < 4.78 is 4.25. The molecule has 9 heteroatoms. The van der Waals surface area contributed by atoms with Crippen LogP contribution in [0.5, 0.6) is 0 Å². The second-order valence-corrected chi connectivity index (χ2v) is 2.46. The van der Waals surface area contributed by atoms with Crippen molar-refractivity contribution in [2.45, 2.75) is 0 Å². The number of hydrogen-bond donors (Lipinski definition) is 4. The number of carboxylic acids is 1. The Kier molecular flexibility index (Phi) is 3.46. The lowest BCUT2D eigenvalue weighted by Crippen LogP contribution is -2.31. The van der Waals surface area contributed by atoms with Gasteiger partial charge in [0.15, 0.2) is 0 Å². The predicted molar refractivity (Wildman–Crippen MR) is 49.1 cm³/mol. The van der Waals surface area contributed by atoms with Crippen LogP contribution in [0, 0.1) is 0 Å². The third-order valence-electron chi connectivity index (χ3n) is 1.40. The lowest BCUT2D eigenvalue weighted by molar-refractivity contribution is 0.0685. The largest absolute Gasteiger partial charge is 0.476 e. The van der Waals surface area contributed by atoms with Gasteiger partial charge in [-0.2, -0.15) is 0 Å². The fourth-order valence-electron chi connectivity index (χ4n) is 0.774. The molecule has 0 bridgehead atoms. The van der Waals surface area contributed by atoms with Gasteiger partial charge in [0.05, 0.1) is 0 Å². The molecule has 82 valence electrons. The van der Waals surface area contributed by atoms with Crippen LogP contribution in [-0.2, 0) is 0 Å². The highest BCUT2D eigenvalue weighted by Gasteiger charge is 2.16. The molecular formula is C6H10N6O3. The van der Waals surface area contributed by atoms with Gasteiger partial charge in [-0.25, -0.2) is 15.3 Å². The Morgan fingerprint density at radius 3 is 3.00 bits per heavy atom. The van der Waals surface area contributed by atoms with E-state index in [0.717, 1.165) is 0 Å². The van der Waals surface area contributed by atoms with Gasteiger partial charge in [0.25, 0.3) is 0 Å². The van der Waals surface area contributed by atoms with E-state index in [2.05, 4.69) is 20.3 Å². The van der Waals surface area contributed by atoms with Crippen LogP contribution in [-0.4, -0.2) is 33.1 Å². The second kappa shape index (κ2) is 4.81. The van der Waals surface area contributed by atoms with Crippen molar-refractivity contribution in [3.05, 3.63) is 18.1 Å². The number of hydrogen-bond acceptors (Lipinski definition) is 8. The fourth-order valence-corrected chi connectivity index (χ4v) is 0.774. The van der Waals surface area contributed by atoms with E-state index < -0.39 is 5.97 Å². The zero-order valence-corrected chi connectivity index (χ0v) is 7.62. The van der Waals surface area contributed by atoms with Crippen molar-refractivity contribution < 1.29 is 14.5 Å². The zero-order chi connectivity index (χ0) is 11.3. The van der Waals surface area contributed by atoms with Crippen molar-refractivity contribution >= 4 is 11.8 Å². The molecule has 0 radical (unpaired) electrons. The number of aromatic carboxylic acids is 1. The minimum atomic E-state index is -1.24. The van der Waals surface area contributed by atoms with Gasteiger partial charge >= 0.3 is 5.97 Å². The van der Waals surface area contributed by atoms with Crippen LogP contribution in [0.15, 0.2) is 17.0 Å². The Morgan fingerprint density at radius 2 is 2.40 bits per heavy atom. The number of nitrogens with two attached hydrogens (primary N) is 2. The first-order valence-electron chi connectivity index (χ1n) is 3.84. The summed E-state index contributed by atoms with van der Waals surface area (Å²) in [7, 11) is 0. The van der Waals surface area contributed by atoms with Crippen molar-refractivity contribution in [1.82, 2.24) is 15.3 Å². The van der Waals surface area contributed by atoms with Gasteiger partial charge in [0.1, 0.15) is 6.67 Å². The molecule has 0 unspecified atom stereocenters. The molecule has 0 fully saturated rings. The summed E-state index contributed by atoms with van der Waals surface area (Å²) in [6.07, 6.45) is 2.63. The number of nitrogens with one attached hydrogen (secondary N) is 1. The van der Waals surface area contributed by atoms with Gasteiger partial charge in [-0.05, 0) is 10.3 Å². The molecule has 0 spiro atoms. The minimum absolute atomic E-state index is 0.00312. The van der Waals surface area contributed by atoms with E-state index in [0.29, 0.717) is 0 Å². The Bertz CT molecular complexity index is 362. The topological polar surface area (TPSA) is 144 Å². The molecule has 9 nitrogen and oxygen atoms in total. The van der Waals surface area contributed by atoms with Gasteiger partial charge in [0.2, 0.25) is 11.5 Å². The van der Waals surface area contributed by atoms with Crippen molar-refractivity contribution in [1.29, 1.82) is 0 Å². The van der Waals surface area contributed by atoms with E-state index in [1.54, 1.807) is 0 Å². The lowest BCUT2D eigenvalue weighted by Gasteiger charge is -2.12. The van der Waals surface area contributed by atoms with Gasteiger partial charge in [0, 0.05) is 12.4 Å². The number of hydrazine groups is 1. The molecule has 0 aliphatic carbocycles. The zero-order valence-electron chi connectivity index (χ0n) is 7.62. The molecule has 1 aromatic heterocycles. The smallest absolute Gasteiger partial charge is 0.362 e.